The highest BCUT2D eigenvalue weighted by molar-refractivity contribution is 7.89. The number of sulfonamides is 1. The fourth-order valence-corrected chi connectivity index (χ4v) is 2.91. The van der Waals surface area contributed by atoms with Gasteiger partial charge in [-0.15, -0.1) is 6.58 Å². The number of urea groups is 1. The molecule has 0 unspecified atom stereocenters. The van der Waals surface area contributed by atoms with E-state index in [1.807, 2.05) is 5.32 Å². The second kappa shape index (κ2) is 11.6. The molecule has 0 heterocycles. The molecule has 0 radical (unpaired) electrons. The number of hydrogen-bond donors (Lipinski definition) is 4. The fraction of sp³-hybridized carbons (Fsp3) is 0.294. The third-order valence-electron chi connectivity index (χ3n) is 3.13. The van der Waals surface area contributed by atoms with Crippen molar-refractivity contribution in [2.24, 2.45) is 0 Å². The predicted octanol–water partition coefficient (Wildman–Crippen LogP) is -0.132. The summed E-state index contributed by atoms with van der Waals surface area (Å²) < 4.78 is 31.2. The van der Waals surface area contributed by atoms with Gasteiger partial charge in [0, 0.05) is 25.7 Å². The van der Waals surface area contributed by atoms with Crippen molar-refractivity contribution in [3.63, 3.8) is 0 Å². The zero-order chi connectivity index (χ0) is 21.9. The molecule has 0 fully saturated rings. The first-order valence-electron chi connectivity index (χ1n) is 8.35. The van der Waals surface area contributed by atoms with E-state index in [-0.39, 0.29) is 30.3 Å². The van der Waals surface area contributed by atoms with Crippen LogP contribution in [0, 0.1) is 0 Å². The molecule has 0 spiro atoms. The molecule has 11 nitrogen and oxygen atoms in total. The van der Waals surface area contributed by atoms with Gasteiger partial charge in [0.1, 0.15) is 0 Å². The summed E-state index contributed by atoms with van der Waals surface area (Å²) >= 11 is 0. The summed E-state index contributed by atoms with van der Waals surface area (Å²) in [5, 5.41) is 6.75. The molecule has 1 aromatic carbocycles. The average Bonchev–Trinajstić information content (AvgIpc) is 2.64. The topological polar surface area (TPSA) is 160 Å². The zero-order valence-corrected chi connectivity index (χ0v) is 16.5. The Labute approximate surface area is 167 Å². The van der Waals surface area contributed by atoms with Crippen LogP contribution in [0.2, 0.25) is 0 Å². The van der Waals surface area contributed by atoms with Crippen molar-refractivity contribution < 1.29 is 32.3 Å². The summed E-state index contributed by atoms with van der Waals surface area (Å²) in [7, 11) is -3.87. The number of benzene rings is 1. The van der Waals surface area contributed by atoms with Crippen LogP contribution in [0.1, 0.15) is 13.3 Å². The van der Waals surface area contributed by atoms with E-state index in [0.29, 0.717) is 5.69 Å². The molecule has 0 saturated carbocycles. The van der Waals surface area contributed by atoms with Crippen LogP contribution in [0.15, 0.2) is 41.8 Å². The number of amides is 4. The number of rotatable bonds is 10. The highest BCUT2D eigenvalue weighted by Crippen LogP contribution is 2.13. The highest BCUT2D eigenvalue weighted by Gasteiger charge is 2.15. The Balaban J connectivity index is 2.38. The monoisotopic (exact) mass is 426 g/mol. The molecule has 0 atom stereocenters. The van der Waals surface area contributed by atoms with Crippen molar-refractivity contribution >= 4 is 39.5 Å². The Morgan fingerprint density at radius 2 is 1.79 bits per heavy atom. The maximum Gasteiger partial charge on any atom is 0.321 e. The van der Waals surface area contributed by atoms with Crippen LogP contribution < -0.4 is 20.7 Å². The number of nitrogens with one attached hydrogen (secondary N) is 4. The second-order valence-corrected chi connectivity index (χ2v) is 7.33. The summed E-state index contributed by atoms with van der Waals surface area (Å²) in [6.07, 6.45) is 1.10. The van der Waals surface area contributed by atoms with E-state index in [1.54, 1.807) is 0 Å². The number of anilines is 1. The van der Waals surface area contributed by atoms with Crippen molar-refractivity contribution in [1.82, 2.24) is 15.4 Å². The molecule has 0 saturated heterocycles. The minimum atomic E-state index is -3.87. The predicted molar refractivity (Wildman–Crippen MR) is 103 cm³/mol. The maximum absolute atomic E-state index is 12.2. The maximum atomic E-state index is 12.2. The quantitative estimate of drug-likeness (QED) is 0.299. The molecule has 1 rings (SSSR count). The van der Waals surface area contributed by atoms with Gasteiger partial charge >= 0.3 is 12.0 Å². The van der Waals surface area contributed by atoms with E-state index >= 15 is 0 Å². The average molecular weight is 426 g/mol. The van der Waals surface area contributed by atoms with Crippen molar-refractivity contribution in [2.75, 3.05) is 25.0 Å². The van der Waals surface area contributed by atoms with Gasteiger partial charge in [-0.05, 0) is 24.3 Å². The number of carbonyl (C=O) groups is 4. The van der Waals surface area contributed by atoms with Gasteiger partial charge in [0.2, 0.25) is 15.9 Å². The van der Waals surface area contributed by atoms with Gasteiger partial charge in [-0.3, -0.25) is 19.7 Å². The normalized spacial score (nSPS) is 10.5. The molecule has 29 heavy (non-hydrogen) atoms. The van der Waals surface area contributed by atoms with E-state index in [4.69, 9.17) is 0 Å². The van der Waals surface area contributed by atoms with Crippen LogP contribution >= 0.6 is 0 Å². The first-order valence-corrected chi connectivity index (χ1v) is 9.84. The number of imide groups is 1. The van der Waals surface area contributed by atoms with Gasteiger partial charge in [-0.2, -0.15) is 0 Å². The van der Waals surface area contributed by atoms with Crippen LogP contribution in [0.4, 0.5) is 10.5 Å². The minimum Gasteiger partial charge on any atom is -0.456 e. The molecule has 0 aliphatic heterocycles. The molecule has 158 valence electrons. The Morgan fingerprint density at radius 3 is 2.38 bits per heavy atom. The number of hydrogen-bond acceptors (Lipinski definition) is 7. The number of carbonyl (C=O) groups excluding carboxylic acids is 4. The summed E-state index contributed by atoms with van der Waals surface area (Å²) in [5.74, 6) is -1.95. The van der Waals surface area contributed by atoms with Crippen molar-refractivity contribution in [3.05, 3.63) is 36.9 Å². The summed E-state index contributed by atoms with van der Waals surface area (Å²) in [4.78, 5) is 45.1. The standard InChI is InChI=1S/C17H22N4O7S/c1-3-9-18-17(25)21-15(23)11-28-16(24)8-10-19-29(26,27)14-6-4-13(5-7-14)20-12(2)22/h3-7,19H,1,8-11H2,2H3,(H,20,22)(H2,18,21,23,25). The SMILES string of the molecule is C=CCNC(=O)NC(=O)COC(=O)CCNS(=O)(=O)c1ccc(NC(C)=O)cc1. The summed E-state index contributed by atoms with van der Waals surface area (Å²) in [6.45, 7) is 3.94. The summed E-state index contributed by atoms with van der Waals surface area (Å²) in [6, 6.07) is 4.69. The first kappa shape index (κ1) is 23.8. The highest BCUT2D eigenvalue weighted by atomic mass is 32.2. The van der Waals surface area contributed by atoms with Crippen LogP contribution in [-0.4, -0.2) is 51.9 Å². The third-order valence-corrected chi connectivity index (χ3v) is 4.61. The second-order valence-electron chi connectivity index (χ2n) is 5.56. The molecule has 1 aromatic rings. The molecule has 4 amide bonds. The van der Waals surface area contributed by atoms with Crippen molar-refractivity contribution in [2.45, 2.75) is 18.2 Å². The zero-order valence-electron chi connectivity index (χ0n) is 15.7. The lowest BCUT2D eigenvalue weighted by Crippen LogP contribution is -2.41. The smallest absolute Gasteiger partial charge is 0.321 e. The van der Waals surface area contributed by atoms with Crippen LogP contribution in [0.25, 0.3) is 0 Å². The van der Waals surface area contributed by atoms with Crippen LogP contribution in [0.5, 0.6) is 0 Å². The van der Waals surface area contributed by atoms with Crippen LogP contribution in [-0.2, 0) is 29.1 Å². The Morgan fingerprint density at radius 1 is 1.14 bits per heavy atom. The molecule has 0 aromatic heterocycles. The van der Waals surface area contributed by atoms with E-state index in [9.17, 15) is 27.6 Å². The fourth-order valence-electron chi connectivity index (χ4n) is 1.88. The van der Waals surface area contributed by atoms with Gasteiger partial charge in [-0.1, -0.05) is 6.08 Å². The molecular formula is C17H22N4O7S. The van der Waals surface area contributed by atoms with E-state index in [2.05, 4.69) is 26.7 Å². The first-order chi connectivity index (χ1) is 13.6. The molecule has 0 aliphatic rings. The summed E-state index contributed by atoms with van der Waals surface area (Å²) in [5.41, 5.74) is 0.441. The number of ether oxygens (including phenoxy) is 1. The van der Waals surface area contributed by atoms with E-state index in [0.717, 1.165) is 0 Å². The lowest BCUT2D eigenvalue weighted by Gasteiger charge is -2.08. The third kappa shape index (κ3) is 9.48. The van der Waals surface area contributed by atoms with Gasteiger partial charge < -0.3 is 15.4 Å². The van der Waals surface area contributed by atoms with E-state index < -0.39 is 34.5 Å². The Hall–Kier alpha value is -3.25. The lowest BCUT2D eigenvalue weighted by atomic mass is 10.3. The molecular weight excluding hydrogens is 404 g/mol. The number of esters is 1. The van der Waals surface area contributed by atoms with Gasteiger partial charge in [0.15, 0.2) is 6.61 Å². The van der Waals surface area contributed by atoms with Crippen LogP contribution in [0.3, 0.4) is 0 Å². The van der Waals surface area contributed by atoms with Gasteiger partial charge in [0.25, 0.3) is 5.91 Å². The van der Waals surface area contributed by atoms with Gasteiger partial charge in [-0.25, -0.2) is 17.9 Å². The molecule has 0 bridgehead atoms. The Bertz CT molecular complexity index is 866. The van der Waals surface area contributed by atoms with Crippen molar-refractivity contribution in [3.8, 4) is 0 Å². The van der Waals surface area contributed by atoms with Gasteiger partial charge in [0.05, 0.1) is 11.3 Å². The minimum absolute atomic E-state index is 0.0510. The molecule has 4 N–H and O–H groups in total. The van der Waals surface area contributed by atoms with Crippen molar-refractivity contribution in [1.29, 1.82) is 0 Å². The largest absolute Gasteiger partial charge is 0.456 e. The Kier molecular flexibility index (Phi) is 9.48. The lowest BCUT2D eigenvalue weighted by molar-refractivity contribution is -0.148. The van der Waals surface area contributed by atoms with E-state index in [1.165, 1.54) is 37.3 Å². The molecule has 0 aliphatic carbocycles. The molecule has 12 heteroatoms.